The zero-order chi connectivity index (χ0) is 15.6. The summed E-state index contributed by atoms with van der Waals surface area (Å²) >= 11 is 3.27. The molecule has 1 saturated carbocycles. The molecule has 2 rings (SSSR count). The lowest BCUT2D eigenvalue weighted by Gasteiger charge is -2.18. The fraction of sp³-hybridized carbons (Fsp3) is 0.571. The van der Waals surface area contributed by atoms with Crippen LogP contribution in [0.3, 0.4) is 0 Å². The van der Waals surface area contributed by atoms with E-state index in [1.54, 1.807) is 6.07 Å². The van der Waals surface area contributed by atoms with E-state index in [1.165, 1.54) is 17.4 Å². The molecule has 21 heavy (non-hydrogen) atoms. The standard InChI is InChI=1S/C14H20BrFN2O2S/c1-3-6-18(2)21(19,20)13-8-11(15)7-10(14(13)16)9-17-12-4-5-12/h7-8,12,17H,3-6,9H2,1-2H3. The maximum absolute atomic E-state index is 14.6. The van der Waals surface area contributed by atoms with Gasteiger partial charge in [-0.2, -0.15) is 0 Å². The summed E-state index contributed by atoms with van der Waals surface area (Å²) in [5, 5.41) is 3.20. The van der Waals surface area contributed by atoms with Crippen molar-refractivity contribution in [2.45, 2.75) is 43.7 Å². The molecular weight excluding hydrogens is 359 g/mol. The predicted molar refractivity (Wildman–Crippen MR) is 84.1 cm³/mol. The fourth-order valence-electron chi connectivity index (χ4n) is 2.08. The second-order valence-electron chi connectivity index (χ2n) is 5.36. The summed E-state index contributed by atoms with van der Waals surface area (Å²) < 4.78 is 41.2. The summed E-state index contributed by atoms with van der Waals surface area (Å²) in [6, 6.07) is 3.40. The molecule has 1 fully saturated rings. The number of hydrogen-bond acceptors (Lipinski definition) is 3. The fourth-order valence-corrected chi connectivity index (χ4v) is 4.13. The van der Waals surface area contributed by atoms with Crippen LogP contribution in [0.25, 0.3) is 0 Å². The van der Waals surface area contributed by atoms with Crippen molar-refractivity contribution in [1.82, 2.24) is 9.62 Å². The first-order valence-corrected chi connectivity index (χ1v) is 9.27. The summed E-state index contributed by atoms with van der Waals surface area (Å²) in [6.07, 6.45) is 2.88. The Balaban J connectivity index is 2.33. The molecule has 0 aliphatic heterocycles. The highest BCUT2D eigenvalue weighted by Crippen LogP contribution is 2.27. The van der Waals surface area contributed by atoms with E-state index in [-0.39, 0.29) is 4.90 Å². The molecule has 1 aromatic rings. The molecule has 4 nitrogen and oxygen atoms in total. The smallest absolute Gasteiger partial charge is 0.245 e. The number of sulfonamides is 1. The number of nitrogens with zero attached hydrogens (tertiary/aromatic N) is 1. The summed E-state index contributed by atoms with van der Waals surface area (Å²) in [6.45, 7) is 2.59. The lowest BCUT2D eigenvalue weighted by Crippen LogP contribution is -2.29. The van der Waals surface area contributed by atoms with Crippen LogP contribution in [-0.2, 0) is 16.6 Å². The van der Waals surface area contributed by atoms with Crippen LogP contribution in [0.4, 0.5) is 4.39 Å². The van der Waals surface area contributed by atoms with Crippen LogP contribution in [0, 0.1) is 5.82 Å². The molecule has 0 radical (unpaired) electrons. The average Bonchev–Trinajstić information content (AvgIpc) is 3.23. The first-order valence-electron chi connectivity index (χ1n) is 7.04. The summed E-state index contributed by atoms with van der Waals surface area (Å²) in [5.41, 5.74) is 0.375. The molecule has 0 bridgehead atoms. The maximum atomic E-state index is 14.6. The number of benzene rings is 1. The van der Waals surface area contributed by atoms with Gasteiger partial charge < -0.3 is 5.32 Å². The highest BCUT2D eigenvalue weighted by Gasteiger charge is 2.27. The van der Waals surface area contributed by atoms with Gasteiger partial charge in [0.2, 0.25) is 10.0 Å². The zero-order valence-corrected chi connectivity index (χ0v) is 14.6. The Kier molecular flexibility index (Phi) is 5.40. The molecule has 1 aromatic carbocycles. The van der Waals surface area contributed by atoms with Gasteiger partial charge in [0.15, 0.2) is 0 Å². The van der Waals surface area contributed by atoms with Crippen LogP contribution in [0.2, 0.25) is 0 Å². The van der Waals surface area contributed by atoms with E-state index in [9.17, 15) is 12.8 Å². The van der Waals surface area contributed by atoms with Crippen LogP contribution in [0.5, 0.6) is 0 Å². The molecule has 0 unspecified atom stereocenters. The zero-order valence-electron chi connectivity index (χ0n) is 12.2. The van der Waals surface area contributed by atoms with Crippen LogP contribution in [0.15, 0.2) is 21.5 Å². The van der Waals surface area contributed by atoms with Gasteiger partial charge in [0.25, 0.3) is 0 Å². The lowest BCUT2D eigenvalue weighted by molar-refractivity contribution is 0.460. The van der Waals surface area contributed by atoms with Crippen LogP contribution in [0.1, 0.15) is 31.7 Å². The van der Waals surface area contributed by atoms with E-state index < -0.39 is 15.8 Å². The second kappa shape index (κ2) is 6.73. The predicted octanol–water partition coefficient (Wildman–Crippen LogP) is 2.87. The monoisotopic (exact) mass is 378 g/mol. The molecule has 1 N–H and O–H groups in total. The minimum Gasteiger partial charge on any atom is -0.310 e. The average molecular weight is 379 g/mol. The Morgan fingerprint density at radius 3 is 2.67 bits per heavy atom. The van der Waals surface area contributed by atoms with Crippen LogP contribution >= 0.6 is 15.9 Å². The van der Waals surface area contributed by atoms with E-state index in [0.29, 0.717) is 35.6 Å². The van der Waals surface area contributed by atoms with Gasteiger partial charge in [-0.25, -0.2) is 17.1 Å². The molecule has 0 amide bonds. The Morgan fingerprint density at radius 2 is 2.10 bits per heavy atom. The quantitative estimate of drug-likeness (QED) is 0.793. The Hall–Kier alpha value is -0.500. The van der Waals surface area contributed by atoms with E-state index in [4.69, 9.17) is 0 Å². The van der Waals surface area contributed by atoms with Gasteiger partial charge in [-0.05, 0) is 31.4 Å². The molecular formula is C14H20BrFN2O2S. The van der Waals surface area contributed by atoms with Crippen molar-refractivity contribution in [3.05, 3.63) is 28.0 Å². The minimum atomic E-state index is -3.80. The Labute approximate surface area is 133 Å². The maximum Gasteiger partial charge on any atom is 0.245 e. The lowest BCUT2D eigenvalue weighted by atomic mass is 10.2. The second-order valence-corrected chi connectivity index (χ2v) is 8.29. The van der Waals surface area contributed by atoms with E-state index in [1.807, 2.05) is 6.92 Å². The van der Waals surface area contributed by atoms with Gasteiger partial charge in [-0.1, -0.05) is 22.9 Å². The third-order valence-corrected chi connectivity index (χ3v) is 5.78. The van der Waals surface area contributed by atoms with Crippen molar-refractivity contribution in [2.24, 2.45) is 0 Å². The Morgan fingerprint density at radius 1 is 1.43 bits per heavy atom. The topological polar surface area (TPSA) is 49.4 Å². The molecule has 0 aromatic heterocycles. The highest BCUT2D eigenvalue weighted by atomic mass is 79.9. The normalized spacial score (nSPS) is 15.7. The van der Waals surface area contributed by atoms with Crippen LogP contribution in [-0.4, -0.2) is 32.4 Å². The number of rotatable bonds is 7. The molecule has 1 aliphatic carbocycles. The van der Waals surface area contributed by atoms with Crippen molar-refractivity contribution in [3.63, 3.8) is 0 Å². The number of hydrogen-bond donors (Lipinski definition) is 1. The van der Waals surface area contributed by atoms with Gasteiger partial charge in [0, 0.05) is 36.2 Å². The molecule has 0 atom stereocenters. The van der Waals surface area contributed by atoms with E-state index in [0.717, 1.165) is 12.8 Å². The molecule has 1 aliphatic rings. The van der Waals surface area contributed by atoms with Crippen molar-refractivity contribution < 1.29 is 12.8 Å². The van der Waals surface area contributed by atoms with Crippen LogP contribution < -0.4 is 5.32 Å². The third kappa shape index (κ3) is 4.03. The van der Waals surface area contributed by atoms with Crippen molar-refractivity contribution in [2.75, 3.05) is 13.6 Å². The first kappa shape index (κ1) is 16.9. The number of halogens is 2. The van der Waals surface area contributed by atoms with Gasteiger partial charge in [0.05, 0.1) is 0 Å². The first-order chi connectivity index (χ1) is 9.86. The summed E-state index contributed by atoms with van der Waals surface area (Å²) in [4.78, 5) is -0.263. The molecule has 0 heterocycles. The molecule has 7 heteroatoms. The van der Waals surface area contributed by atoms with Gasteiger partial charge in [-0.15, -0.1) is 0 Å². The molecule has 0 spiro atoms. The van der Waals surface area contributed by atoms with Crippen molar-refractivity contribution in [1.29, 1.82) is 0 Å². The molecule has 0 saturated heterocycles. The van der Waals surface area contributed by atoms with Gasteiger partial charge in [0.1, 0.15) is 10.7 Å². The summed E-state index contributed by atoms with van der Waals surface area (Å²) in [7, 11) is -2.33. The highest BCUT2D eigenvalue weighted by molar-refractivity contribution is 9.10. The van der Waals surface area contributed by atoms with Crippen molar-refractivity contribution >= 4 is 26.0 Å². The van der Waals surface area contributed by atoms with Crippen molar-refractivity contribution in [3.8, 4) is 0 Å². The summed E-state index contributed by atoms with van der Waals surface area (Å²) in [5.74, 6) is -0.658. The third-order valence-electron chi connectivity index (χ3n) is 3.46. The largest absolute Gasteiger partial charge is 0.310 e. The minimum absolute atomic E-state index is 0.263. The van der Waals surface area contributed by atoms with Gasteiger partial charge in [-0.3, -0.25) is 0 Å². The molecule has 118 valence electrons. The van der Waals surface area contributed by atoms with E-state index in [2.05, 4.69) is 21.2 Å². The van der Waals surface area contributed by atoms with Gasteiger partial charge >= 0.3 is 0 Å². The Bertz CT molecular complexity index is 618. The number of nitrogens with one attached hydrogen (secondary N) is 1. The SMILES string of the molecule is CCCN(C)S(=O)(=O)c1cc(Br)cc(CNC2CC2)c1F. The van der Waals surface area contributed by atoms with E-state index >= 15 is 0 Å².